The lowest BCUT2D eigenvalue weighted by atomic mass is 9.89. The normalized spacial score (nSPS) is 19.5. The smallest absolute Gasteiger partial charge is 0.232 e. The molecule has 0 aliphatic carbocycles. The van der Waals surface area contributed by atoms with E-state index in [9.17, 15) is 0 Å². The number of likely N-dealkylation sites (N-methyl/N-ethyl adjacent to an activating group) is 1. The third-order valence-corrected chi connectivity index (χ3v) is 7.22. The zero-order chi connectivity index (χ0) is 25.9. The number of hydrogen-bond acceptors (Lipinski definition) is 8. The first-order chi connectivity index (χ1) is 17.9. The van der Waals surface area contributed by atoms with Gasteiger partial charge in [-0.25, -0.2) is 4.98 Å². The molecule has 0 radical (unpaired) electrons. The quantitative estimate of drug-likeness (QED) is 0.455. The summed E-state index contributed by atoms with van der Waals surface area (Å²) in [5, 5.41) is 9.75. The van der Waals surface area contributed by atoms with Gasteiger partial charge in [0.2, 0.25) is 5.95 Å². The molecule has 3 heterocycles. The Morgan fingerprint density at radius 2 is 1.97 bits per heavy atom. The van der Waals surface area contributed by atoms with E-state index in [0.29, 0.717) is 12.5 Å². The van der Waals surface area contributed by atoms with Crippen LogP contribution in [0.4, 0.5) is 11.8 Å². The van der Waals surface area contributed by atoms with Gasteiger partial charge in [-0.1, -0.05) is 29.8 Å². The minimum atomic E-state index is 0.225. The van der Waals surface area contributed by atoms with Crippen LogP contribution in [0.25, 0.3) is 10.9 Å². The van der Waals surface area contributed by atoms with Crippen LogP contribution >= 0.6 is 11.6 Å². The van der Waals surface area contributed by atoms with Gasteiger partial charge in [0.15, 0.2) is 0 Å². The van der Waals surface area contributed by atoms with E-state index in [4.69, 9.17) is 21.6 Å². The molecule has 9 heteroatoms. The molecule has 0 fully saturated rings. The van der Waals surface area contributed by atoms with Gasteiger partial charge in [0, 0.05) is 67.2 Å². The molecular weight excluding hydrogens is 484 g/mol. The molecule has 2 aliphatic rings. The van der Waals surface area contributed by atoms with Crippen LogP contribution in [0.5, 0.6) is 0 Å². The third-order valence-electron chi connectivity index (χ3n) is 6.99. The fraction of sp³-hybridized carbons (Fsp3) is 0.393. The number of nitrogens with zero attached hydrogens (tertiary/aromatic N) is 6. The Morgan fingerprint density at radius 3 is 2.68 bits per heavy atom. The topological polar surface area (TPSA) is 71.9 Å². The van der Waals surface area contributed by atoms with Gasteiger partial charge in [-0.05, 0) is 63.3 Å². The largest absolute Gasteiger partial charge is 0.373 e. The molecule has 5 rings (SSSR count). The molecule has 0 saturated heterocycles. The van der Waals surface area contributed by atoms with Gasteiger partial charge in [0.1, 0.15) is 5.82 Å². The molecule has 3 aromatic rings. The summed E-state index contributed by atoms with van der Waals surface area (Å²) in [6, 6.07) is 14.6. The Labute approximate surface area is 224 Å². The molecule has 2 atom stereocenters. The number of fused-ring (bicyclic) bond motifs is 1. The number of aromatic nitrogens is 2. The van der Waals surface area contributed by atoms with Gasteiger partial charge in [0.25, 0.3) is 0 Å². The second-order valence-corrected chi connectivity index (χ2v) is 10.5. The van der Waals surface area contributed by atoms with E-state index in [0.717, 1.165) is 59.2 Å². The first kappa shape index (κ1) is 25.3. The highest BCUT2D eigenvalue weighted by Crippen LogP contribution is 2.32. The minimum Gasteiger partial charge on any atom is -0.373 e. The fourth-order valence-electron chi connectivity index (χ4n) is 4.90. The number of anilines is 2. The van der Waals surface area contributed by atoms with Crippen molar-refractivity contribution in [1.29, 1.82) is 0 Å². The monoisotopic (exact) mass is 518 g/mol. The summed E-state index contributed by atoms with van der Waals surface area (Å²) in [6.07, 6.45) is 4.22. The lowest BCUT2D eigenvalue weighted by molar-refractivity contribution is 0.304. The third kappa shape index (κ3) is 5.81. The van der Waals surface area contributed by atoms with Crippen LogP contribution in [-0.4, -0.2) is 71.8 Å². The molecule has 1 aromatic heterocycles. The lowest BCUT2D eigenvalue weighted by Crippen LogP contribution is -2.38. The average molecular weight is 519 g/mol. The zero-order valence-corrected chi connectivity index (χ0v) is 22.7. The van der Waals surface area contributed by atoms with Crippen molar-refractivity contribution in [3.05, 3.63) is 71.0 Å². The van der Waals surface area contributed by atoms with Gasteiger partial charge < -0.3 is 25.4 Å². The molecule has 37 heavy (non-hydrogen) atoms. The molecule has 2 aliphatic heterocycles. The molecule has 194 valence electrons. The second kappa shape index (κ2) is 10.9. The lowest BCUT2D eigenvalue weighted by Gasteiger charge is -2.31. The highest BCUT2D eigenvalue weighted by atomic mass is 35.5. The number of rotatable bonds is 8. The summed E-state index contributed by atoms with van der Waals surface area (Å²) in [5.74, 6) is 1.74. The van der Waals surface area contributed by atoms with Crippen molar-refractivity contribution in [3.8, 4) is 0 Å². The van der Waals surface area contributed by atoms with E-state index < -0.39 is 0 Å². The van der Waals surface area contributed by atoms with Crippen molar-refractivity contribution < 1.29 is 0 Å². The highest BCUT2D eigenvalue weighted by Gasteiger charge is 2.27. The predicted molar refractivity (Wildman–Crippen MR) is 153 cm³/mol. The number of hydrogen-bond donors (Lipinski definition) is 2. The molecule has 0 bridgehead atoms. The minimum absolute atomic E-state index is 0.225. The van der Waals surface area contributed by atoms with E-state index in [1.54, 1.807) is 0 Å². The molecule has 2 unspecified atom stereocenters. The predicted octanol–water partition coefficient (Wildman–Crippen LogP) is 4.50. The van der Waals surface area contributed by atoms with Gasteiger partial charge in [-0.2, -0.15) is 10.1 Å². The van der Waals surface area contributed by atoms with E-state index in [1.807, 2.05) is 18.2 Å². The van der Waals surface area contributed by atoms with Crippen LogP contribution in [0, 0.1) is 0 Å². The van der Waals surface area contributed by atoms with Crippen molar-refractivity contribution in [2.24, 2.45) is 5.10 Å². The molecule has 8 nitrogen and oxygen atoms in total. The number of halogens is 1. The maximum atomic E-state index is 6.23. The van der Waals surface area contributed by atoms with Crippen LogP contribution in [0.2, 0.25) is 5.02 Å². The van der Waals surface area contributed by atoms with Gasteiger partial charge in [0.05, 0.1) is 11.6 Å². The second-order valence-electron chi connectivity index (χ2n) is 10.1. The van der Waals surface area contributed by atoms with Crippen LogP contribution in [0.1, 0.15) is 30.9 Å². The van der Waals surface area contributed by atoms with E-state index in [-0.39, 0.29) is 12.0 Å². The van der Waals surface area contributed by atoms with Crippen LogP contribution < -0.4 is 15.6 Å². The molecular formula is C28H35ClN8. The van der Waals surface area contributed by atoms with E-state index in [1.165, 1.54) is 5.56 Å². The first-order valence-corrected chi connectivity index (χ1v) is 13.2. The summed E-state index contributed by atoms with van der Waals surface area (Å²) in [4.78, 5) is 16.6. The van der Waals surface area contributed by atoms with E-state index >= 15 is 0 Å². The average Bonchev–Trinajstić information content (AvgIpc) is 3.23. The standard InChI is InChI=1S/C28H35ClN8/c1-19-26(20(2)34-33-19)22-8-9-25-24(17-22)27(30-18-21-6-5-7-23(29)16-21)32-28(31-25)37-14-12-36(13-15-37)11-10-35(3)4/h5-9,12,14,16-17,19,26,33H,10-11,13,15,18H2,1-4H3,(H,30,31,32). The number of benzene rings is 2. The Morgan fingerprint density at radius 1 is 1.11 bits per heavy atom. The summed E-state index contributed by atoms with van der Waals surface area (Å²) < 4.78 is 0. The summed E-state index contributed by atoms with van der Waals surface area (Å²) in [5.41, 5.74) is 7.53. The molecule has 0 amide bonds. The Hall–Kier alpha value is -3.36. The summed E-state index contributed by atoms with van der Waals surface area (Å²) >= 11 is 6.23. The Bertz CT molecular complexity index is 1320. The molecule has 2 N–H and O–H groups in total. The van der Waals surface area contributed by atoms with Crippen LogP contribution in [-0.2, 0) is 6.54 Å². The van der Waals surface area contributed by atoms with Crippen LogP contribution in [0.15, 0.2) is 60.0 Å². The highest BCUT2D eigenvalue weighted by molar-refractivity contribution is 6.30. The van der Waals surface area contributed by atoms with E-state index in [2.05, 4.69) is 95.2 Å². The maximum Gasteiger partial charge on any atom is 0.232 e. The Balaban J connectivity index is 1.47. The van der Waals surface area contributed by atoms with Gasteiger partial charge in [-0.15, -0.1) is 0 Å². The number of nitrogens with one attached hydrogen (secondary N) is 2. The molecule has 0 saturated carbocycles. The van der Waals surface area contributed by atoms with Gasteiger partial charge >= 0.3 is 0 Å². The molecule has 2 aromatic carbocycles. The zero-order valence-electron chi connectivity index (χ0n) is 21.9. The number of hydrazone groups is 1. The summed E-state index contributed by atoms with van der Waals surface area (Å²) in [7, 11) is 4.20. The molecule has 0 spiro atoms. The van der Waals surface area contributed by atoms with Gasteiger partial charge in [-0.3, -0.25) is 0 Å². The van der Waals surface area contributed by atoms with Crippen molar-refractivity contribution in [2.75, 3.05) is 50.5 Å². The van der Waals surface area contributed by atoms with Crippen molar-refractivity contribution in [2.45, 2.75) is 32.4 Å². The first-order valence-electron chi connectivity index (χ1n) is 12.8. The summed E-state index contributed by atoms with van der Waals surface area (Å²) in [6.45, 7) is 8.65. The van der Waals surface area contributed by atoms with Crippen LogP contribution in [0.3, 0.4) is 0 Å². The maximum absolute atomic E-state index is 6.23. The SMILES string of the molecule is CC1=NNC(C)C1c1ccc2nc(N3C=CN(CCN(C)C)CC3)nc(NCc3cccc(Cl)c3)c2c1. The fourth-order valence-corrected chi connectivity index (χ4v) is 5.12. The van der Waals surface area contributed by atoms with Crippen molar-refractivity contribution in [1.82, 2.24) is 25.2 Å². The van der Waals surface area contributed by atoms with Crippen molar-refractivity contribution in [3.63, 3.8) is 0 Å². The van der Waals surface area contributed by atoms with Crippen molar-refractivity contribution >= 4 is 40.0 Å². The Kier molecular flexibility index (Phi) is 7.48.